The van der Waals surface area contributed by atoms with Crippen molar-refractivity contribution in [3.63, 3.8) is 0 Å². The summed E-state index contributed by atoms with van der Waals surface area (Å²) in [4.78, 5) is 25.2. The molecule has 5 nitrogen and oxygen atoms in total. The van der Waals surface area contributed by atoms with Crippen molar-refractivity contribution in [2.45, 2.75) is 44.2 Å². The van der Waals surface area contributed by atoms with E-state index in [1.165, 1.54) is 29.8 Å². The number of allylic oxidation sites excluding steroid dienone is 1. The minimum Gasteiger partial charge on any atom is -0.467 e. The van der Waals surface area contributed by atoms with Gasteiger partial charge in [-0.25, -0.2) is 4.79 Å². The van der Waals surface area contributed by atoms with Crippen molar-refractivity contribution in [2.75, 3.05) is 12.9 Å². The van der Waals surface area contributed by atoms with Crippen LogP contribution in [-0.4, -0.2) is 41.2 Å². The summed E-state index contributed by atoms with van der Waals surface area (Å²) in [5.74, 6) is 0.731. The number of hydrogen-bond acceptors (Lipinski definition) is 5. The number of ether oxygens (including phenoxy) is 2. The summed E-state index contributed by atoms with van der Waals surface area (Å²) >= 11 is 1.47. The first kappa shape index (κ1) is 14.2. The van der Waals surface area contributed by atoms with Crippen LogP contribution in [0.3, 0.4) is 0 Å². The van der Waals surface area contributed by atoms with E-state index in [0.717, 1.165) is 31.4 Å². The highest BCUT2D eigenvalue weighted by atomic mass is 32.2. The predicted octanol–water partition coefficient (Wildman–Crippen LogP) is 1.88. The number of rotatable bonds is 5. The molecule has 2 rings (SSSR count). The molecule has 19 heavy (non-hydrogen) atoms. The van der Waals surface area contributed by atoms with E-state index in [1.807, 2.05) is 0 Å². The SMILES string of the molecule is CCCCCC1=CC(=O)N2[C@H](O1)SC[C@H]2C(=O)OC. The van der Waals surface area contributed by atoms with Crippen LogP contribution >= 0.6 is 11.8 Å². The van der Waals surface area contributed by atoms with Gasteiger partial charge in [-0.15, -0.1) is 0 Å². The Kier molecular flexibility index (Phi) is 4.74. The predicted molar refractivity (Wildman–Crippen MR) is 72.2 cm³/mol. The maximum absolute atomic E-state index is 12.1. The highest BCUT2D eigenvalue weighted by molar-refractivity contribution is 8.00. The Hall–Kier alpha value is -1.17. The minimum atomic E-state index is -0.527. The van der Waals surface area contributed by atoms with Gasteiger partial charge in [-0.2, -0.15) is 0 Å². The van der Waals surface area contributed by atoms with Crippen LogP contribution in [0.25, 0.3) is 0 Å². The van der Waals surface area contributed by atoms with Crippen LogP contribution in [0, 0.1) is 0 Å². The summed E-state index contributed by atoms with van der Waals surface area (Å²) in [6.07, 6.45) is 5.58. The minimum absolute atomic E-state index is 0.150. The molecule has 2 heterocycles. The van der Waals surface area contributed by atoms with Crippen molar-refractivity contribution in [1.82, 2.24) is 4.90 Å². The molecule has 0 aliphatic carbocycles. The van der Waals surface area contributed by atoms with Gasteiger partial charge >= 0.3 is 5.97 Å². The second-order valence-electron chi connectivity index (χ2n) is 4.61. The lowest BCUT2D eigenvalue weighted by Gasteiger charge is -2.31. The molecule has 0 aromatic rings. The fourth-order valence-corrected chi connectivity index (χ4v) is 3.45. The zero-order valence-electron chi connectivity index (χ0n) is 11.3. The van der Waals surface area contributed by atoms with Gasteiger partial charge in [-0.3, -0.25) is 9.69 Å². The Balaban J connectivity index is 2.01. The number of thioether (sulfide) groups is 1. The average molecular weight is 285 g/mol. The number of hydrogen-bond donors (Lipinski definition) is 0. The maximum Gasteiger partial charge on any atom is 0.329 e. The molecule has 1 fully saturated rings. The van der Waals surface area contributed by atoms with Gasteiger partial charge in [-0.1, -0.05) is 31.5 Å². The molecule has 1 amide bonds. The van der Waals surface area contributed by atoms with Crippen molar-refractivity contribution >= 4 is 23.6 Å². The smallest absolute Gasteiger partial charge is 0.329 e. The van der Waals surface area contributed by atoms with E-state index in [2.05, 4.69) is 6.92 Å². The molecular formula is C13H19NO4S. The molecule has 0 saturated carbocycles. The number of methoxy groups -OCH3 is 1. The average Bonchev–Trinajstić information content (AvgIpc) is 2.82. The van der Waals surface area contributed by atoms with Gasteiger partial charge in [0, 0.05) is 18.2 Å². The summed E-state index contributed by atoms with van der Waals surface area (Å²) < 4.78 is 10.5. The topological polar surface area (TPSA) is 55.8 Å². The number of carbonyl (C=O) groups is 2. The van der Waals surface area contributed by atoms with E-state index < -0.39 is 6.04 Å². The fraction of sp³-hybridized carbons (Fsp3) is 0.692. The van der Waals surface area contributed by atoms with Gasteiger partial charge < -0.3 is 9.47 Å². The monoisotopic (exact) mass is 285 g/mol. The van der Waals surface area contributed by atoms with Gasteiger partial charge in [0.15, 0.2) is 0 Å². The van der Waals surface area contributed by atoms with Gasteiger partial charge in [0.2, 0.25) is 5.56 Å². The van der Waals surface area contributed by atoms with Crippen LogP contribution < -0.4 is 0 Å². The number of nitrogens with zero attached hydrogens (tertiary/aromatic N) is 1. The zero-order chi connectivity index (χ0) is 13.8. The Bertz CT molecular complexity index is 396. The fourth-order valence-electron chi connectivity index (χ4n) is 2.20. The van der Waals surface area contributed by atoms with Gasteiger partial charge in [-0.05, 0) is 6.42 Å². The van der Waals surface area contributed by atoms with Crippen molar-refractivity contribution in [3.05, 3.63) is 11.8 Å². The van der Waals surface area contributed by atoms with Crippen molar-refractivity contribution in [3.8, 4) is 0 Å². The number of unbranched alkanes of at least 4 members (excludes halogenated alkanes) is 2. The molecule has 1 saturated heterocycles. The van der Waals surface area contributed by atoms with Gasteiger partial charge in [0.05, 0.1) is 7.11 Å². The molecule has 0 spiro atoms. The molecule has 0 bridgehead atoms. The van der Waals surface area contributed by atoms with Crippen molar-refractivity contribution in [2.24, 2.45) is 0 Å². The lowest BCUT2D eigenvalue weighted by molar-refractivity contribution is -0.155. The van der Waals surface area contributed by atoms with Crippen LogP contribution in [-0.2, 0) is 19.1 Å². The van der Waals surface area contributed by atoms with Gasteiger partial charge in [0.25, 0.3) is 5.91 Å². The number of fused-ring (bicyclic) bond motifs is 1. The molecule has 0 unspecified atom stereocenters. The van der Waals surface area contributed by atoms with Crippen LogP contribution in [0.15, 0.2) is 11.8 Å². The Morgan fingerprint density at radius 2 is 2.37 bits per heavy atom. The highest BCUT2D eigenvalue weighted by Crippen LogP contribution is 2.36. The van der Waals surface area contributed by atoms with E-state index in [-0.39, 0.29) is 17.4 Å². The van der Waals surface area contributed by atoms with Crippen LogP contribution in [0.2, 0.25) is 0 Å². The summed E-state index contributed by atoms with van der Waals surface area (Å²) in [6, 6.07) is -0.527. The van der Waals surface area contributed by atoms with Crippen LogP contribution in [0.4, 0.5) is 0 Å². The molecule has 0 aromatic carbocycles. The summed E-state index contributed by atoms with van der Waals surface area (Å²) in [5, 5.41) is 0. The van der Waals surface area contributed by atoms with Crippen molar-refractivity contribution < 1.29 is 19.1 Å². The first-order valence-corrected chi connectivity index (χ1v) is 7.61. The number of amides is 1. The van der Waals surface area contributed by atoms with E-state index in [9.17, 15) is 9.59 Å². The first-order chi connectivity index (χ1) is 9.17. The molecule has 6 heteroatoms. The lowest BCUT2D eigenvalue weighted by atomic mass is 10.1. The molecule has 2 aliphatic rings. The summed E-state index contributed by atoms with van der Waals surface area (Å²) in [6.45, 7) is 2.14. The third-order valence-electron chi connectivity index (χ3n) is 3.25. The lowest BCUT2D eigenvalue weighted by Crippen LogP contribution is -2.48. The summed E-state index contributed by atoms with van der Waals surface area (Å²) in [5.41, 5.74) is -0.377. The second kappa shape index (κ2) is 6.32. The number of carbonyl (C=O) groups excluding carboxylic acids is 2. The standard InChI is InChI=1S/C13H19NO4S/c1-3-4-5-6-9-7-11(15)14-10(12(16)17-2)8-19-13(14)18-9/h7,10,13H,3-6,8H2,1-2H3/t10-,13+/m0/s1. The second-order valence-corrected chi connectivity index (χ2v) is 5.68. The van der Waals surface area contributed by atoms with E-state index in [1.54, 1.807) is 0 Å². The molecular weight excluding hydrogens is 266 g/mol. The molecule has 0 N–H and O–H groups in total. The molecule has 0 aromatic heterocycles. The van der Waals surface area contributed by atoms with Crippen LogP contribution in [0.5, 0.6) is 0 Å². The highest BCUT2D eigenvalue weighted by Gasteiger charge is 2.45. The Morgan fingerprint density at radius 3 is 3.05 bits per heavy atom. The first-order valence-electron chi connectivity index (χ1n) is 6.56. The third kappa shape index (κ3) is 3.05. The van der Waals surface area contributed by atoms with Gasteiger partial charge in [0.1, 0.15) is 11.8 Å². The number of esters is 1. The third-order valence-corrected chi connectivity index (χ3v) is 4.37. The molecule has 106 valence electrons. The van der Waals surface area contributed by atoms with Crippen LogP contribution in [0.1, 0.15) is 32.6 Å². The normalized spacial score (nSPS) is 25.7. The molecule has 2 atom stereocenters. The quantitative estimate of drug-likeness (QED) is 0.570. The van der Waals surface area contributed by atoms with E-state index >= 15 is 0 Å². The van der Waals surface area contributed by atoms with Crippen molar-refractivity contribution in [1.29, 1.82) is 0 Å². The Labute approximate surface area is 117 Å². The summed E-state index contributed by atoms with van der Waals surface area (Å²) in [7, 11) is 1.33. The molecule has 0 radical (unpaired) electrons. The molecule has 2 aliphatic heterocycles. The Morgan fingerprint density at radius 1 is 1.58 bits per heavy atom. The zero-order valence-corrected chi connectivity index (χ0v) is 12.1. The largest absolute Gasteiger partial charge is 0.467 e. The maximum atomic E-state index is 12.1. The van der Waals surface area contributed by atoms with E-state index in [4.69, 9.17) is 9.47 Å². The van der Waals surface area contributed by atoms with E-state index in [0.29, 0.717) is 5.75 Å².